The van der Waals surface area contributed by atoms with Gasteiger partial charge in [0.25, 0.3) is 0 Å². The van der Waals surface area contributed by atoms with Crippen molar-refractivity contribution in [1.82, 2.24) is 15.7 Å². The minimum Gasteiger partial charge on any atom is -0.346 e. The average Bonchev–Trinajstić information content (AvgIpc) is 2.59. The first-order chi connectivity index (χ1) is 4.97. The zero-order valence-corrected chi connectivity index (χ0v) is 5.67. The Morgan fingerprint density at radius 3 is 3.10 bits per heavy atom. The Morgan fingerprint density at radius 2 is 2.50 bits per heavy atom. The molecule has 2 saturated heterocycles. The van der Waals surface area contributed by atoms with E-state index < -0.39 is 0 Å². The number of ether oxygens (including phenoxy) is 1. The molecule has 0 amide bonds. The summed E-state index contributed by atoms with van der Waals surface area (Å²) in [7, 11) is 0. The van der Waals surface area contributed by atoms with E-state index in [1.165, 1.54) is 0 Å². The minimum absolute atomic E-state index is 0.0463. The number of hydrogen-bond acceptors (Lipinski definition) is 5. The molecule has 2 fully saturated rings. The predicted molar refractivity (Wildman–Crippen MR) is 33.5 cm³/mol. The second kappa shape index (κ2) is 2.81. The third kappa shape index (κ3) is 1.14. The standard InChI is InChI=1S/C5H11N3O2/c1-2-9-5(7-1)8-3-6-4-10-8/h5-7H,1-4H2. The molecular weight excluding hydrogens is 134 g/mol. The second-order valence-electron chi connectivity index (χ2n) is 2.28. The molecular formula is C5H11N3O2. The Hall–Kier alpha value is -0.200. The third-order valence-corrected chi connectivity index (χ3v) is 1.56. The van der Waals surface area contributed by atoms with Gasteiger partial charge in [0.2, 0.25) is 0 Å². The summed E-state index contributed by atoms with van der Waals surface area (Å²) in [6.45, 7) is 2.99. The average molecular weight is 145 g/mol. The van der Waals surface area contributed by atoms with Crippen molar-refractivity contribution >= 4 is 0 Å². The van der Waals surface area contributed by atoms with Crippen molar-refractivity contribution in [3.05, 3.63) is 0 Å². The van der Waals surface area contributed by atoms with Crippen molar-refractivity contribution in [3.8, 4) is 0 Å². The molecule has 1 unspecified atom stereocenters. The number of nitrogens with one attached hydrogen (secondary N) is 2. The van der Waals surface area contributed by atoms with Crippen LogP contribution in [0.2, 0.25) is 0 Å². The van der Waals surface area contributed by atoms with Crippen LogP contribution in [0.15, 0.2) is 0 Å². The molecule has 0 aromatic heterocycles. The van der Waals surface area contributed by atoms with Gasteiger partial charge in [0.1, 0.15) is 6.73 Å². The smallest absolute Gasteiger partial charge is 0.189 e. The number of rotatable bonds is 1. The van der Waals surface area contributed by atoms with Crippen molar-refractivity contribution in [3.63, 3.8) is 0 Å². The number of nitrogens with zero attached hydrogens (tertiary/aromatic N) is 1. The van der Waals surface area contributed by atoms with Crippen LogP contribution in [0.4, 0.5) is 0 Å². The zero-order chi connectivity index (χ0) is 6.81. The normalized spacial score (nSPS) is 35.4. The Bertz CT molecular complexity index is 95.5. The van der Waals surface area contributed by atoms with Gasteiger partial charge in [-0.25, -0.2) is 0 Å². The molecule has 0 aliphatic carbocycles. The quantitative estimate of drug-likeness (QED) is 0.477. The molecule has 1 atom stereocenters. The highest BCUT2D eigenvalue weighted by molar-refractivity contribution is 4.61. The molecule has 10 heavy (non-hydrogen) atoms. The van der Waals surface area contributed by atoms with Gasteiger partial charge in [0, 0.05) is 6.54 Å². The van der Waals surface area contributed by atoms with Gasteiger partial charge in [0.15, 0.2) is 6.35 Å². The summed E-state index contributed by atoms with van der Waals surface area (Å²) in [5.41, 5.74) is 0. The molecule has 58 valence electrons. The Morgan fingerprint density at radius 1 is 1.50 bits per heavy atom. The maximum atomic E-state index is 5.29. The first-order valence-corrected chi connectivity index (χ1v) is 3.42. The molecule has 0 radical (unpaired) electrons. The molecule has 0 bridgehead atoms. The first-order valence-electron chi connectivity index (χ1n) is 3.42. The van der Waals surface area contributed by atoms with Crippen LogP contribution in [0.3, 0.4) is 0 Å². The molecule has 2 aliphatic rings. The van der Waals surface area contributed by atoms with Crippen LogP contribution in [0.5, 0.6) is 0 Å². The van der Waals surface area contributed by atoms with Crippen LogP contribution in [-0.2, 0) is 9.57 Å². The second-order valence-corrected chi connectivity index (χ2v) is 2.28. The fourth-order valence-corrected chi connectivity index (χ4v) is 1.08. The van der Waals surface area contributed by atoms with Gasteiger partial charge in [0.05, 0.1) is 13.3 Å². The molecule has 5 nitrogen and oxygen atoms in total. The van der Waals surface area contributed by atoms with E-state index in [4.69, 9.17) is 9.57 Å². The predicted octanol–water partition coefficient (Wildman–Crippen LogP) is -1.36. The topological polar surface area (TPSA) is 45.8 Å². The van der Waals surface area contributed by atoms with Crippen LogP contribution in [0.25, 0.3) is 0 Å². The summed E-state index contributed by atoms with van der Waals surface area (Å²) in [4.78, 5) is 5.17. The molecule has 2 heterocycles. The van der Waals surface area contributed by atoms with Gasteiger partial charge in [-0.05, 0) is 0 Å². The largest absolute Gasteiger partial charge is 0.346 e. The van der Waals surface area contributed by atoms with Gasteiger partial charge in [-0.2, -0.15) is 0 Å². The SMILES string of the molecule is C1COC(N2CNCO2)N1. The molecule has 0 aromatic rings. The summed E-state index contributed by atoms with van der Waals surface area (Å²) in [5.74, 6) is 0. The zero-order valence-electron chi connectivity index (χ0n) is 5.67. The molecule has 2 aliphatic heterocycles. The van der Waals surface area contributed by atoms with Crippen LogP contribution < -0.4 is 10.6 Å². The highest BCUT2D eigenvalue weighted by Gasteiger charge is 2.25. The van der Waals surface area contributed by atoms with Crippen molar-refractivity contribution in [1.29, 1.82) is 0 Å². The highest BCUT2D eigenvalue weighted by atomic mass is 16.7. The summed E-state index contributed by atoms with van der Waals surface area (Å²) in [5, 5.41) is 7.93. The van der Waals surface area contributed by atoms with E-state index in [0.717, 1.165) is 19.8 Å². The van der Waals surface area contributed by atoms with E-state index in [0.29, 0.717) is 6.73 Å². The summed E-state index contributed by atoms with van der Waals surface area (Å²) >= 11 is 0. The fraction of sp³-hybridized carbons (Fsp3) is 1.00. The molecule has 0 aromatic carbocycles. The van der Waals surface area contributed by atoms with Gasteiger partial charge < -0.3 is 4.74 Å². The first kappa shape index (κ1) is 6.51. The fourth-order valence-electron chi connectivity index (χ4n) is 1.08. The van der Waals surface area contributed by atoms with Crippen LogP contribution in [-0.4, -0.2) is 38.0 Å². The van der Waals surface area contributed by atoms with Gasteiger partial charge in [-0.3, -0.25) is 15.5 Å². The van der Waals surface area contributed by atoms with E-state index in [-0.39, 0.29) is 6.35 Å². The van der Waals surface area contributed by atoms with E-state index in [1.807, 2.05) is 0 Å². The van der Waals surface area contributed by atoms with E-state index in [1.54, 1.807) is 5.06 Å². The third-order valence-electron chi connectivity index (χ3n) is 1.56. The van der Waals surface area contributed by atoms with E-state index in [9.17, 15) is 0 Å². The van der Waals surface area contributed by atoms with Crippen LogP contribution >= 0.6 is 0 Å². The Labute approximate surface area is 59.2 Å². The van der Waals surface area contributed by atoms with E-state index >= 15 is 0 Å². The minimum atomic E-state index is -0.0463. The summed E-state index contributed by atoms with van der Waals surface area (Å²) < 4.78 is 5.29. The number of hydrogen-bond donors (Lipinski definition) is 2. The van der Waals surface area contributed by atoms with Gasteiger partial charge in [-0.15, -0.1) is 5.06 Å². The van der Waals surface area contributed by atoms with Crippen molar-refractivity contribution in [2.45, 2.75) is 6.35 Å². The lowest BCUT2D eigenvalue weighted by atomic mass is 10.7. The highest BCUT2D eigenvalue weighted by Crippen LogP contribution is 2.05. The monoisotopic (exact) mass is 145 g/mol. The van der Waals surface area contributed by atoms with Crippen molar-refractivity contribution in [2.24, 2.45) is 0 Å². The lowest BCUT2D eigenvalue weighted by molar-refractivity contribution is -0.212. The molecule has 2 rings (SSSR count). The van der Waals surface area contributed by atoms with Gasteiger partial charge >= 0.3 is 0 Å². The molecule has 2 N–H and O–H groups in total. The summed E-state index contributed by atoms with van der Waals surface area (Å²) in [6.07, 6.45) is -0.0463. The van der Waals surface area contributed by atoms with Crippen LogP contribution in [0.1, 0.15) is 0 Å². The van der Waals surface area contributed by atoms with Crippen molar-refractivity contribution in [2.75, 3.05) is 26.6 Å². The maximum absolute atomic E-state index is 5.29. The Balaban J connectivity index is 1.85. The molecule has 0 saturated carbocycles. The maximum Gasteiger partial charge on any atom is 0.189 e. The molecule has 0 spiro atoms. The lowest BCUT2D eigenvalue weighted by Gasteiger charge is -2.19. The Kier molecular flexibility index (Phi) is 1.83. The summed E-state index contributed by atoms with van der Waals surface area (Å²) in [6, 6.07) is 0. The van der Waals surface area contributed by atoms with Crippen molar-refractivity contribution < 1.29 is 9.57 Å². The van der Waals surface area contributed by atoms with Gasteiger partial charge in [-0.1, -0.05) is 0 Å². The lowest BCUT2D eigenvalue weighted by Crippen LogP contribution is -2.41. The van der Waals surface area contributed by atoms with E-state index in [2.05, 4.69) is 10.6 Å². The molecule has 5 heteroatoms. The van der Waals surface area contributed by atoms with Crippen LogP contribution in [0, 0.1) is 0 Å². The number of hydroxylamine groups is 2.